The Morgan fingerprint density at radius 1 is 1.04 bits per heavy atom. The number of piperidine rings is 1. The maximum Gasteiger partial charge on any atom is 0.254 e. The standard InChI is InChI=1S/C22H22N2O2/c1-16-6-2-3-9-19(16)22(25)24-14-11-18(12-15-24)26-20-10-4-7-17-8-5-13-23-21(17)20/h2-10,13,18H,11-12,14-15H2,1H3. The van der Waals surface area contributed by atoms with Gasteiger partial charge >= 0.3 is 0 Å². The van der Waals surface area contributed by atoms with Gasteiger partial charge in [-0.3, -0.25) is 9.78 Å². The first-order valence-corrected chi connectivity index (χ1v) is 9.08. The van der Waals surface area contributed by atoms with Crippen molar-refractivity contribution in [1.29, 1.82) is 0 Å². The monoisotopic (exact) mass is 346 g/mol. The van der Waals surface area contributed by atoms with Crippen LogP contribution in [-0.2, 0) is 0 Å². The Morgan fingerprint density at radius 3 is 2.62 bits per heavy atom. The van der Waals surface area contributed by atoms with Crippen molar-refractivity contribution in [3.05, 3.63) is 71.9 Å². The summed E-state index contributed by atoms with van der Waals surface area (Å²) in [4.78, 5) is 19.1. The molecule has 0 N–H and O–H groups in total. The highest BCUT2D eigenvalue weighted by atomic mass is 16.5. The number of hydrogen-bond donors (Lipinski definition) is 0. The lowest BCUT2D eigenvalue weighted by Gasteiger charge is -2.32. The second kappa shape index (κ2) is 7.16. The van der Waals surface area contributed by atoms with Gasteiger partial charge in [-0.2, -0.15) is 0 Å². The number of rotatable bonds is 3. The molecule has 1 saturated heterocycles. The zero-order valence-corrected chi connectivity index (χ0v) is 14.9. The quantitative estimate of drug-likeness (QED) is 0.713. The number of carbonyl (C=O) groups is 1. The van der Waals surface area contributed by atoms with Crippen LogP contribution in [0.25, 0.3) is 10.9 Å². The van der Waals surface area contributed by atoms with E-state index < -0.39 is 0 Å². The third-order valence-corrected chi connectivity index (χ3v) is 4.99. The number of fused-ring (bicyclic) bond motifs is 1. The zero-order chi connectivity index (χ0) is 17.9. The van der Waals surface area contributed by atoms with Gasteiger partial charge in [0, 0.05) is 43.1 Å². The third-order valence-electron chi connectivity index (χ3n) is 4.99. The summed E-state index contributed by atoms with van der Waals surface area (Å²) in [5.74, 6) is 0.945. The smallest absolute Gasteiger partial charge is 0.254 e. The molecular formula is C22H22N2O2. The normalized spacial score (nSPS) is 15.2. The van der Waals surface area contributed by atoms with Crippen LogP contribution in [0.5, 0.6) is 5.75 Å². The summed E-state index contributed by atoms with van der Waals surface area (Å²) in [5, 5.41) is 1.08. The lowest BCUT2D eigenvalue weighted by atomic mass is 10.0. The van der Waals surface area contributed by atoms with Gasteiger partial charge in [0.25, 0.3) is 5.91 Å². The summed E-state index contributed by atoms with van der Waals surface area (Å²) in [5.41, 5.74) is 2.72. The van der Waals surface area contributed by atoms with Crippen LogP contribution in [0.1, 0.15) is 28.8 Å². The van der Waals surface area contributed by atoms with E-state index in [1.54, 1.807) is 6.20 Å². The van der Waals surface area contributed by atoms with Gasteiger partial charge in [0.1, 0.15) is 17.4 Å². The maximum atomic E-state index is 12.7. The molecule has 0 radical (unpaired) electrons. The fourth-order valence-corrected chi connectivity index (χ4v) is 3.51. The number of para-hydroxylation sites is 1. The number of aromatic nitrogens is 1. The number of ether oxygens (including phenoxy) is 1. The highest BCUT2D eigenvalue weighted by Gasteiger charge is 2.25. The van der Waals surface area contributed by atoms with E-state index in [-0.39, 0.29) is 12.0 Å². The van der Waals surface area contributed by atoms with Crippen molar-refractivity contribution >= 4 is 16.8 Å². The third kappa shape index (κ3) is 3.27. The number of nitrogens with zero attached hydrogens (tertiary/aromatic N) is 2. The van der Waals surface area contributed by atoms with E-state index >= 15 is 0 Å². The van der Waals surface area contributed by atoms with Crippen LogP contribution in [0.2, 0.25) is 0 Å². The molecule has 0 unspecified atom stereocenters. The minimum atomic E-state index is 0.114. The molecule has 0 atom stereocenters. The van der Waals surface area contributed by atoms with Crippen molar-refractivity contribution in [2.24, 2.45) is 0 Å². The predicted molar refractivity (Wildman–Crippen MR) is 102 cm³/mol. The Labute approximate surface area is 153 Å². The Hall–Kier alpha value is -2.88. The first kappa shape index (κ1) is 16.6. The van der Waals surface area contributed by atoms with Gasteiger partial charge in [0.2, 0.25) is 0 Å². The van der Waals surface area contributed by atoms with Crippen molar-refractivity contribution in [2.75, 3.05) is 13.1 Å². The summed E-state index contributed by atoms with van der Waals surface area (Å²) in [6.45, 7) is 3.42. The molecule has 0 aliphatic carbocycles. The molecule has 3 aromatic rings. The van der Waals surface area contributed by atoms with E-state index in [0.29, 0.717) is 0 Å². The van der Waals surface area contributed by atoms with Crippen LogP contribution in [0.3, 0.4) is 0 Å². The van der Waals surface area contributed by atoms with Gasteiger partial charge in [-0.15, -0.1) is 0 Å². The molecule has 0 bridgehead atoms. The van der Waals surface area contributed by atoms with Gasteiger partial charge in [0.15, 0.2) is 0 Å². The highest BCUT2D eigenvalue weighted by Crippen LogP contribution is 2.26. The Balaban J connectivity index is 1.42. The summed E-state index contributed by atoms with van der Waals surface area (Å²) < 4.78 is 6.23. The van der Waals surface area contributed by atoms with E-state index in [1.807, 2.05) is 66.4 Å². The van der Waals surface area contributed by atoms with E-state index in [0.717, 1.165) is 53.7 Å². The van der Waals surface area contributed by atoms with E-state index in [1.165, 1.54) is 0 Å². The van der Waals surface area contributed by atoms with Gasteiger partial charge in [-0.05, 0) is 30.7 Å². The number of benzene rings is 2. The summed E-state index contributed by atoms with van der Waals surface area (Å²) in [6, 6.07) is 17.8. The highest BCUT2D eigenvalue weighted by molar-refractivity contribution is 5.95. The van der Waals surface area contributed by atoms with Crippen molar-refractivity contribution in [3.8, 4) is 5.75 Å². The second-order valence-corrected chi connectivity index (χ2v) is 6.76. The molecule has 26 heavy (non-hydrogen) atoms. The Bertz CT molecular complexity index is 925. The fraction of sp³-hybridized carbons (Fsp3) is 0.273. The van der Waals surface area contributed by atoms with Gasteiger partial charge in [-0.25, -0.2) is 0 Å². The molecule has 4 rings (SSSR count). The Morgan fingerprint density at radius 2 is 1.81 bits per heavy atom. The molecular weight excluding hydrogens is 324 g/mol. The van der Waals surface area contributed by atoms with Crippen LogP contribution < -0.4 is 4.74 Å². The number of carbonyl (C=O) groups excluding carboxylic acids is 1. The lowest BCUT2D eigenvalue weighted by molar-refractivity contribution is 0.0597. The summed E-state index contributed by atoms with van der Waals surface area (Å²) in [7, 11) is 0. The molecule has 1 aliphatic heterocycles. The fourth-order valence-electron chi connectivity index (χ4n) is 3.51. The predicted octanol–water partition coefficient (Wildman–Crippen LogP) is 4.23. The van der Waals surface area contributed by atoms with E-state index in [2.05, 4.69) is 4.98 Å². The SMILES string of the molecule is Cc1ccccc1C(=O)N1CCC(Oc2cccc3cccnc23)CC1. The number of amides is 1. The molecule has 2 heterocycles. The van der Waals surface area contributed by atoms with Crippen LogP contribution in [0.15, 0.2) is 60.8 Å². The minimum Gasteiger partial charge on any atom is -0.488 e. The Kier molecular flexibility index (Phi) is 4.57. The van der Waals surface area contributed by atoms with Crippen LogP contribution in [-0.4, -0.2) is 35.0 Å². The van der Waals surface area contributed by atoms with E-state index in [9.17, 15) is 4.79 Å². The van der Waals surface area contributed by atoms with Crippen molar-refractivity contribution in [2.45, 2.75) is 25.9 Å². The first-order valence-electron chi connectivity index (χ1n) is 9.08. The van der Waals surface area contributed by atoms with Crippen LogP contribution >= 0.6 is 0 Å². The van der Waals surface area contributed by atoms with Crippen molar-refractivity contribution in [3.63, 3.8) is 0 Å². The molecule has 4 heteroatoms. The largest absolute Gasteiger partial charge is 0.488 e. The molecule has 0 spiro atoms. The summed E-state index contributed by atoms with van der Waals surface area (Å²) >= 11 is 0. The maximum absolute atomic E-state index is 12.7. The van der Waals surface area contributed by atoms with Crippen LogP contribution in [0, 0.1) is 6.92 Å². The molecule has 1 aliphatic rings. The zero-order valence-electron chi connectivity index (χ0n) is 14.9. The second-order valence-electron chi connectivity index (χ2n) is 6.76. The average Bonchev–Trinajstić information content (AvgIpc) is 2.69. The molecule has 0 saturated carbocycles. The molecule has 2 aromatic carbocycles. The van der Waals surface area contributed by atoms with Crippen LogP contribution in [0.4, 0.5) is 0 Å². The lowest BCUT2D eigenvalue weighted by Crippen LogP contribution is -2.42. The number of likely N-dealkylation sites (tertiary alicyclic amines) is 1. The average molecular weight is 346 g/mol. The molecule has 4 nitrogen and oxygen atoms in total. The van der Waals surface area contributed by atoms with E-state index in [4.69, 9.17) is 4.74 Å². The summed E-state index contributed by atoms with van der Waals surface area (Å²) in [6.07, 6.45) is 3.57. The van der Waals surface area contributed by atoms with Crippen molar-refractivity contribution in [1.82, 2.24) is 9.88 Å². The molecule has 1 amide bonds. The number of pyridine rings is 1. The van der Waals surface area contributed by atoms with Gasteiger partial charge < -0.3 is 9.64 Å². The molecule has 132 valence electrons. The van der Waals surface area contributed by atoms with Crippen molar-refractivity contribution < 1.29 is 9.53 Å². The van der Waals surface area contributed by atoms with Gasteiger partial charge in [-0.1, -0.05) is 36.4 Å². The molecule has 1 fully saturated rings. The minimum absolute atomic E-state index is 0.114. The molecule has 1 aromatic heterocycles. The topological polar surface area (TPSA) is 42.4 Å². The number of aryl methyl sites for hydroxylation is 1. The first-order chi connectivity index (χ1) is 12.7. The number of hydrogen-bond acceptors (Lipinski definition) is 3. The van der Waals surface area contributed by atoms with Gasteiger partial charge in [0.05, 0.1) is 0 Å².